The highest BCUT2D eigenvalue weighted by molar-refractivity contribution is 8.00. The molecule has 8 nitrogen and oxygen atoms in total. The van der Waals surface area contributed by atoms with Crippen LogP contribution in [0.3, 0.4) is 0 Å². The SMILES string of the molecule is COc1cc(NC(=O)C(C)Sc2nnc(-c3ccncc3)n2Cc2ccccc2)cc(OC)c1. The second kappa shape index (κ2) is 10.8. The van der Waals surface area contributed by atoms with Gasteiger partial charge in [-0.25, -0.2) is 0 Å². The van der Waals surface area contributed by atoms with Crippen molar-refractivity contribution in [1.82, 2.24) is 19.7 Å². The van der Waals surface area contributed by atoms with E-state index < -0.39 is 5.25 Å². The van der Waals surface area contributed by atoms with Crippen LogP contribution < -0.4 is 14.8 Å². The summed E-state index contributed by atoms with van der Waals surface area (Å²) in [5, 5.41) is 12.0. The zero-order valence-corrected chi connectivity index (χ0v) is 20.0. The van der Waals surface area contributed by atoms with Crippen LogP contribution >= 0.6 is 11.8 Å². The van der Waals surface area contributed by atoms with Crippen LogP contribution in [0.2, 0.25) is 0 Å². The summed E-state index contributed by atoms with van der Waals surface area (Å²) in [5.74, 6) is 1.75. The topological polar surface area (TPSA) is 91.2 Å². The van der Waals surface area contributed by atoms with E-state index in [1.54, 1.807) is 44.8 Å². The highest BCUT2D eigenvalue weighted by Gasteiger charge is 2.21. The molecule has 1 atom stereocenters. The number of aromatic nitrogens is 4. The number of amides is 1. The molecule has 174 valence electrons. The van der Waals surface area contributed by atoms with Gasteiger partial charge in [0.2, 0.25) is 5.91 Å². The van der Waals surface area contributed by atoms with E-state index in [1.165, 1.54) is 11.8 Å². The lowest BCUT2D eigenvalue weighted by molar-refractivity contribution is -0.115. The quantitative estimate of drug-likeness (QED) is 0.356. The summed E-state index contributed by atoms with van der Waals surface area (Å²) in [6.45, 7) is 2.42. The smallest absolute Gasteiger partial charge is 0.237 e. The molecule has 2 aromatic heterocycles. The third kappa shape index (κ3) is 5.55. The number of nitrogens with zero attached hydrogens (tertiary/aromatic N) is 4. The molecule has 9 heteroatoms. The minimum absolute atomic E-state index is 0.167. The number of hydrogen-bond donors (Lipinski definition) is 1. The molecule has 1 unspecified atom stereocenters. The molecule has 0 spiro atoms. The standard InChI is InChI=1S/C25H25N5O3S/c1-17(24(31)27-20-13-21(32-2)15-22(14-20)33-3)34-25-29-28-23(19-9-11-26-12-10-19)30(25)16-18-7-5-4-6-8-18/h4-15,17H,16H2,1-3H3,(H,27,31). The molecule has 0 bridgehead atoms. The van der Waals surface area contributed by atoms with Crippen LogP contribution in [0.15, 0.2) is 78.2 Å². The van der Waals surface area contributed by atoms with Crippen molar-refractivity contribution in [3.05, 3.63) is 78.6 Å². The molecule has 0 aliphatic heterocycles. The Hall–Kier alpha value is -3.85. The second-order valence-corrected chi connectivity index (χ2v) is 8.77. The van der Waals surface area contributed by atoms with E-state index in [9.17, 15) is 4.79 Å². The predicted octanol–water partition coefficient (Wildman–Crippen LogP) is 4.52. The van der Waals surface area contributed by atoms with Crippen LogP contribution in [0.1, 0.15) is 12.5 Å². The molecule has 2 aromatic carbocycles. The van der Waals surface area contributed by atoms with E-state index in [1.807, 2.05) is 41.8 Å². The Morgan fingerprint density at radius 3 is 2.32 bits per heavy atom. The molecule has 0 aliphatic carbocycles. The first-order valence-electron chi connectivity index (χ1n) is 10.7. The average molecular weight is 476 g/mol. The maximum atomic E-state index is 13.0. The second-order valence-electron chi connectivity index (χ2n) is 7.46. The molecule has 34 heavy (non-hydrogen) atoms. The minimum Gasteiger partial charge on any atom is -0.497 e. The summed E-state index contributed by atoms with van der Waals surface area (Å²) >= 11 is 1.35. The van der Waals surface area contributed by atoms with Gasteiger partial charge >= 0.3 is 0 Å². The van der Waals surface area contributed by atoms with Crippen molar-refractivity contribution in [3.63, 3.8) is 0 Å². The maximum absolute atomic E-state index is 13.0. The fourth-order valence-electron chi connectivity index (χ4n) is 3.33. The molecule has 0 saturated carbocycles. The Balaban J connectivity index is 1.57. The number of methoxy groups -OCH3 is 2. The molecule has 1 amide bonds. The van der Waals surface area contributed by atoms with E-state index >= 15 is 0 Å². The third-order valence-electron chi connectivity index (χ3n) is 5.11. The number of hydrogen-bond acceptors (Lipinski definition) is 7. The van der Waals surface area contributed by atoms with Crippen molar-refractivity contribution < 1.29 is 14.3 Å². The molecule has 4 aromatic rings. The fourth-order valence-corrected chi connectivity index (χ4v) is 4.18. The van der Waals surface area contributed by atoms with Gasteiger partial charge in [0, 0.05) is 41.8 Å². The van der Waals surface area contributed by atoms with E-state index in [0.29, 0.717) is 28.9 Å². The van der Waals surface area contributed by atoms with E-state index in [0.717, 1.165) is 17.0 Å². The monoisotopic (exact) mass is 475 g/mol. The summed E-state index contributed by atoms with van der Waals surface area (Å²) in [6, 6.07) is 19.1. The number of carbonyl (C=O) groups excluding carboxylic acids is 1. The molecule has 0 aliphatic rings. The van der Waals surface area contributed by atoms with Crippen LogP contribution in [-0.2, 0) is 11.3 Å². The first-order chi connectivity index (χ1) is 16.6. The summed E-state index contributed by atoms with van der Waals surface area (Å²) in [7, 11) is 3.14. The molecule has 0 saturated heterocycles. The van der Waals surface area contributed by atoms with Gasteiger partial charge in [-0.1, -0.05) is 42.1 Å². The van der Waals surface area contributed by atoms with Crippen molar-refractivity contribution >= 4 is 23.4 Å². The van der Waals surface area contributed by atoms with Crippen LogP contribution in [0, 0.1) is 0 Å². The van der Waals surface area contributed by atoms with Gasteiger partial charge in [-0.15, -0.1) is 10.2 Å². The van der Waals surface area contributed by atoms with Gasteiger partial charge in [-0.05, 0) is 24.6 Å². The van der Waals surface area contributed by atoms with Gasteiger partial charge in [0.25, 0.3) is 0 Å². The molecule has 1 N–H and O–H groups in total. The van der Waals surface area contributed by atoms with E-state index in [-0.39, 0.29) is 5.91 Å². The average Bonchev–Trinajstić information content (AvgIpc) is 3.26. The molecule has 2 heterocycles. The van der Waals surface area contributed by atoms with Gasteiger partial charge in [0.1, 0.15) is 11.5 Å². The normalized spacial score (nSPS) is 11.6. The maximum Gasteiger partial charge on any atom is 0.237 e. The first-order valence-corrected chi connectivity index (χ1v) is 11.5. The van der Waals surface area contributed by atoms with Gasteiger partial charge in [-0.3, -0.25) is 14.3 Å². The third-order valence-corrected chi connectivity index (χ3v) is 6.19. The highest BCUT2D eigenvalue weighted by Crippen LogP contribution is 2.30. The number of pyridine rings is 1. The molecular weight excluding hydrogens is 450 g/mol. The van der Waals surface area contributed by atoms with Crippen LogP contribution in [0.5, 0.6) is 11.5 Å². The lowest BCUT2D eigenvalue weighted by atomic mass is 10.2. The largest absolute Gasteiger partial charge is 0.497 e. The number of thioether (sulfide) groups is 1. The van der Waals surface area contributed by atoms with Crippen LogP contribution in [0.4, 0.5) is 5.69 Å². The first kappa shape index (κ1) is 23.3. The number of nitrogens with one attached hydrogen (secondary N) is 1. The van der Waals surface area contributed by atoms with E-state index in [4.69, 9.17) is 9.47 Å². The number of benzene rings is 2. The van der Waals surface area contributed by atoms with Crippen LogP contribution in [-0.4, -0.2) is 45.1 Å². The molecule has 0 fully saturated rings. The molecule has 0 radical (unpaired) electrons. The van der Waals surface area contributed by atoms with Crippen LogP contribution in [0.25, 0.3) is 11.4 Å². The van der Waals surface area contributed by atoms with Crippen molar-refractivity contribution in [2.75, 3.05) is 19.5 Å². The lowest BCUT2D eigenvalue weighted by Crippen LogP contribution is -2.23. The van der Waals surface area contributed by atoms with Crippen molar-refractivity contribution in [3.8, 4) is 22.9 Å². The highest BCUT2D eigenvalue weighted by atomic mass is 32.2. The Kier molecular flexibility index (Phi) is 7.44. The number of ether oxygens (including phenoxy) is 2. The summed E-state index contributed by atoms with van der Waals surface area (Å²) < 4.78 is 12.6. The van der Waals surface area contributed by atoms with Gasteiger partial charge in [0.05, 0.1) is 26.0 Å². The molecule has 4 rings (SSSR count). The Morgan fingerprint density at radius 2 is 1.68 bits per heavy atom. The van der Waals surface area contributed by atoms with Crippen molar-refractivity contribution in [2.24, 2.45) is 0 Å². The Labute approximate surface area is 202 Å². The van der Waals surface area contributed by atoms with Crippen molar-refractivity contribution in [1.29, 1.82) is 0 Å². The fraction of sp³-hybridized carbons (Fsp3) is 0.200. The summed E-state index contributed by atoms with van der Waals surface area (Å²) in [4.78, 5) is 17.1. The lowest BCUT2D eigenvalue weighted by Gasteiger charge is -2.15. The summed E-state index contributed by atoms with van der Waals surface area (Å²) in [6.07, 6.45) is 3.45. The Bertz CT molecular complexity index is 1230. The zero-order chi connectivity index (χ0) is 23.9. The number of rotatable bonds is 9. The van der Waals surface area contributed by atoms with Gasteiger partial charge < -0.3 is 14.8 Å². The van der Waals surface area contributed by atoms with Gasteiger partial charge in [0.15, 0.2) is 11.0 Å². The van der Waals surface area contributed by atoms with Crippen molar-refractivity contribution in [2.45, 2.75) is 23.9 Å². The zero-order valence-electron chi connectivity index (χ0n) is 19.1. The molecular formula is C25H25N5O3S. The number of anilines is 1. The Morgan fingerprint density at radius 1 is 1.00 bits per heavy atom. The minimum atomic E-state index is -0.429. The number of carbonyl (C=O) groups is 1. The van der Waals surface area contributed by atoms with Gasteiger partial charge in [-0.2, -0.15) is 0 Å². The van der Waals surface area contributed by atoms with E-state index in [2.05, 4.69) is 32.6 Å². The summed E-state index contributed by atoms with van der Waals surface area (Å²) in [5.41, 5.74) is 2.61. The predicted molar refractivity (Wildman–Crippen MR) is 132 cm³/mol.